The summed E-state index contributed by atoms with van der Waals surface area (Å²) in [7, 11) is 0. The number of nitrogens with one attached hydrogen (secondary N) is 1. The first kappa shape index (κ1) is 11.6. The fourth-order valence-corrected chi connectivity index (χ4v) is 3.03. The second kappa shape index (κ2) is 4.99. The summed E-state index contributed by atoms with van der Waals surface area (Å²) in [5, 5.41) is 3.20. The molecule has 0 aromatic carbocycles. The minimum Gasteiger partial charge on any atom is -0.353 e. The van der Waals surface area contributed by atoms with E-state index in [0.29, 0.717) is 10.7 Å². The first-order valence-electron chi connectivity index (χ1n) is 5.51. The Morgan fingerprint density at radius 2 is 2.00 bits per heavy atom. The summed E-state index contributed by atoms with van der Waals surface area (Å²) in [6.45, 7) is 0.861. The largest absolute Gasteiger partial charge is 0.353 e. The Balaban J connectivity index is 1.93. The van der Waals surface area contributed by atoms with Crippen LogP contribution in [0.1, 0.15) is 25.7 Å². The van der Waals surface area contributed by atoms with Crippen LogP contribution in [0.4, 0.5) is 10.3 Å². The predicted octanol–water partition coefficient (Wildman–Crippen LogP) is 2.70. The highest BCUT2D eigenvalue weighted by Gasteiger charge is 2.32. The summed E-state index contributed by atoms with van der Waals surface area (Å²) in [6.07, 6.45) is 9.61. The fraction of sp³-hybridized carbons (Fsp3) is 0.636. The van der Waals surface area contributed by atoms with Gasteiger partial charge >= 0.3 is 0 Å². The molecule has 2 rings (SSSR count). The van der Waals surface area contributed by atoms with E-state index in [1.165, 1.54) is 38.1 Å². The van der Waals surface area contributed by atoms with Crippen LogP contribution in [0.3, 0.4) is 0 Å². The van der Waals surface area contributed by atoms with Crippen LogP contribution in [0.2, 0.25) is 0 Å². The maximum Gasteiger partial charge on any atom is 0.222 e. The Hall–Kier alpha value is -0.840. The molecule has 88 valence electrons. The minimum absolute atomic E-state index is 0.317. The third kappa shape index (κ3) is 2.64. The van der Waals surface area contributed by atoms with Gasteiger partial charge in [-0.1, -0.05) is 12.8 Å². The number of thioether (sulfide) groups is 1. The molecule has 0 amide bonds. The van der Waals surface area contributed by atoms with Gasteiger partial charge in [-0.05, 0) is 19.1 Å². The Morgan fingerprint density at radius 1 is 1.38 bits per heavy atom. The van der Waals surface area contributed by atoms with Crippen LogP contribution in [0.5, 0.6) is 0 Å². The molecule has 0 radical (unpaired) electrons. The molecule has 0 spiro atoms. The first-order valence-corrected chi connectivity index (χ1v) is 6.73. The molecule has 5 heteroatoms. The van der Waals surface area contributed by atoms with E-state index in [2.05, 4.69) is 21.5 Å². The number of rotatable bonds is 4. The lowest BCUT2D eigenvalue weighted by Crippen LogP contribution is -2.30. The minimum atomic E-state index is -0.397. The molecule has 0 saturated heterocycles. The van der Waals surface area contributed by atoms with Gasteiger partial charge in [0.2, 0.25) is 5.95 Å². The van der Waals surface area contributed by atoms with Crippen LogP contribution in [-0.4, -0.2) is 27.5 Å². The van der Waals surface area contributed by atoms with Gasteiger partial charge in [0.05, 0.1) is 12.4 Å². The van der Waals surface area contributed by atoms with Crippen molar-refractivity contribution >= 4 is 17.7 Å². The normalized spacial score (nSPS) is 18.6. The summed E-state index contributed by atoms with van der Waals surface area (Å²) >= 11 is 1.91. The molecular formula is C11H16FN3S. The molecule has 1 aliphatic rings. The third-order valence-corrected chi connectivity index (χ3v) is 4.56. The zero-order chi connectivity index (χ0) is 11.4. The lowest BCUT2D eigenvalue weighted by atomic mass is 10.1. The first-order chi connectivity index (χ1) is 7.74. The van der Waals surface area contributed by atoms with E-state index in [1.54, 1.807) is 0 Å². The van der Waals surface area contributed by atoms with Gasteiger partial charge in [0.15, 0.2) is 5.82 Å². The molecule has 1 heterocycles. The summed E-state index contributed by atoms with van der Waals surface area (Å²) < 4.78 is 12.9. The van der Waals surface area contributed by atoms with E-state index in [-0.39, 0.29) is 0 Å². The molecule has 1 aromatic heterocycles. The quantitative estimate of drug-likeness (QED) is 0.879. The average Bonchev–Trinajstić information content (AvgIpc) is 2.78. The highest BCUT2D eigenvalue weighted by atomic mass is 32.2. The van der Waals surface area contributed by atoms with E-state index in [0.717, 1.165) is 6.54 Å². The third-order valence-electron chi connectivity index (χ3n) is 3.14. The van der Waals surface area contributed by atoms with Gasteiger partial charge < -0.3 is 5.32 Å². The van der Waals surface area contributed by atoms with Crippen molar-refractivity contribution in [1.29, 1.82) is 0 Å². The van der Waals surface area contributed by atoms with E-state index in [9.17, 15) is 4.39 Å². The fourth-order valence-electron chi connectivity index (χ4n) is 2.12. The smallest absolute Gasteiger partial charge is 0.222 e. The zero-order valence-electron chi connectivity index (χ0n) is 9.37. The van der Waals surface area contributed by atoms with Gasteiger partial charge in [-0.15, -0.1) is 0 Å². The standard InChI is InChI=1S/C11H16FN3S/c1-16-11(4-2-3-5-11)8-15-10-13-6-9(12)7-14-10/h6-7H,2-5,8H2,1H3,(H,13,14,15). The van der Waals surface area contributed by atoms with E-state index < -0.39 is 5.82 Å². The lowest BCUT2D eigenvalue weighted by molar-refractivity contribution is 0.610. The molecule has 1 saturated carbocycles. The van der Waals surface area contributed by atoms with Crippen molar-refractivity contribution in [2.45, 2.75) is 30.4 Å². The Labute approximate surface area is 99.3 Å². The SMILES string of the molecule is CSC1(CNc2ncc(F)cn2)CCCC1. The van der Waals surface area contributed by atoms with Crippen LogP contribution in [0.25, 0.3) is 0 Å². The number of nitrogens with zero attached hydrogens (tertiary/aromatic N) is 2. The molecule has 1 N–H and O–H groups in total. The molecule has 1 aliphatic carbocycles. The van der Waals surface area contributed by atoms with Crippen molar-refractivity contribution < 1.29 is 4.39 Å². The number of anilines is 1. The summed E-state index contributed by atoms with van der Waals surface area (Å²) in [5.41, 5.74) is 0. The van der Waals surface area contributed by atoms with Gasteiger partial charge in [-0.25, -0.2) is 14.4 Å². The molecular weight excluding hydrogens is 225 g/mol. The van der Waals surface area contributed by atoms with Crippen molar-refractivity contribution in [3.63, 3.8) is 0 Å². The highest BCUT2D eigenvalue weighted by Crippen LogP contribution is 2.39. The summed E-state index contributed by atoms with van der Waals surface area (Å²) in [5.74, 6) is 0.118. The molecule has 1 aromatic rings. The van der Waals surface area contributed by atoms with Gasteiger partial charge in [-0.3, -0.25) is 0 Å². The molecule has 0 atom stereocenters. The van der Waals surface area contributed by atoms with Crippen LogP contribution >= 0.6 is 11.8 Å². The zero-order valence-corrected chi connectivity index (χ0v) is 10.2. The Bertz CT molecular complexity index is 336. The molecule has 0 bridgehead atoms. The highest BCUT2D eigenvalue weighted by molar-refractivity contribution is 8.00. The topological polar surface area (TPSA) is 37.8 Å². The number of halogens is 1. The second-order valence-electron chi connectivity index (χ2n) is 4.17. The van der Waals surface area contributed by atoms with Gasteiger partial charge in [0.1, 0.15) is 0 Å². The average molecular weight is 241 g/mol. The Kier molecular flexibility index (Phi) is 3.63. The lowest BCUT2D eigenvalue weighted by Gasteiger charge is -2.26. The van der Waals surface area contributed by atoms with Gasteiger partial charge in [0.25, 0.3) is 0 Å². The van der Waals surface area contributed by atoms with Crippen molar-refractivity contribution in [2.24, 2.45) is 0 Å². The molecule has 16 heavy (non-hydrogen) atoms. The number of hydrogen-bond donors (Lipinski definition) is 1. The van der Waals surface area contributed by atoms with Gasteiger partial charge in [-0.2, -0.15) is 11.8 Å². The molecule has 1 fully saturated rings. The van der Waals surface area contributed by atoms with Crippen molar-refractivity contribution in [3.05, 3.63) is 18.2 Å². The van der Waals surface area contributed by atoms with Crippen molar-refractivity contribution in [1.82, 2.24) is 9.97 Å². The van der Waals surface area contributed by atoms with Crippen LogP contribution < -0.4 is 5.32 Å². The second-order valence-corrected chi connectivity index (χ2v) is 5.45. The molecule has 3 nitrogen and oxygen atoms in total. The van der Waals surface area contributed by atoms with Crippen LogP contribution in [-0.2, 0) is 0 Å². The van der Waals surface area contributed by atoms with Gasteiger partial charge in [0, 0.05) is 11.3 Å². The predicted molar refractivity (Wildman–Crippen MR) is 65.2 cm³/mol. The van der Waals surface area contributed by atoms with E-state index in [1.807, 2.05) is 11.8 Å². The van der Waals surface area contributed by atoms with Crippen molar-refractivity contribution in [3.8, 4) is 0 Å². The maximum absolute atomic E-state index is 12.6. The van der Waals surface area contributed by atoms with E-state index >= 15 is 0 Å². The summed E-state index contributed by atoms with van der Waals surface area (Å²) in [6, 6.07) is 0. The van der Waals surface area contributed by atoms with Crippen molar-refractivity contribution in [2.75, 3.05) is 18.1 Å². The molecule has 0 unspecified atom stereocenters. The number of aromatic nitrogens is 2. The Morgan fingerprint density at radius 3 is 2.56 bits per heavy atom. The molecule has 0 aliphatic heterocycles. The van der Waals surface area contributed by atoms with Crippen LogP contribution in [0, 0.1) is 5.82 Å². The number of hydrogen-bond acceptors (Lipinski definition) is 4. The maximum atomic E-state index is 12.6. The van der Waals surface area contributed by atoms with E-state index in [4.69, 9.17) is 0 Å². The monoisotopic (exact) mass is 241 g/mol. The summed E-state index contributed by atoms with van der Waals surface area (Å²) in [4.78, 5) is 7.80. The van der Waals surface area contributed by atoms with Crippen LogP contribution in [0.15, 0.2) is 12.4 Å².